The Labute approximate surface area is 119 Å². The van der Waals surface area contributed by atoms with Crippen molar-refractivity contribution in [1.82, 2.24) is 4.72 Å². The lowest BCUT2D eigenvalue weighted by Crippen LogP contribution is -2.47. The monoisotopic (exact) mass is 299 g/mol. The van der Waals surface area contributed by atoms with Gasteiger partial charge in [-0.1, -0.05) is 26.0 Å². The Balaban J connectivity index is 3.14. The van der Waals surface area contributed by atoms with E-state index in [-0.39, 0.29) is 10.8 Å². The van der Waals surface area contributed by atoms with Gasteiger partial charge in [-0.15, -0.1) is 0 Å². The molecule has 1 unspecified atom stereocenters. The first-order chi connectivity index (χ1) is 9.19. The van der Waals surface area contributed by atoms with Gasteiger partial charge in [-0.2, -0.15) is 4.72 Å². The standard InChI is InChI=1S/C13H21N3O3S/c1-8(2)12(13(15)17)16-20(18,19)11-5-4-10(7-14)6-9(11)3/h4-6,8,12,16H,7,14H2,1-3H3,(H2,15,17). The van der Waals surface area contributed by atoms with Crippen molar-refractivity contribution < 1.29 is 13.2 Å². The van der Waals surface area contributed by atoms with Crippen molar-refractivity contribution in [2.24, 2.45) is 17.4 Å². The molecule has 1 rings (SSSR count). The molecule has 1 atom stereocenters. The van der Waals surface area contributed by atoms with E-state index in [1.807, 2.05) is 0 Å². The number of aryl methyl sites for hydroxylation is 1. The molecule has 0 radical (unpaired) electrons. The van der Waals surface area contributed by atoms with E-state index >= 15 is 0 Å². The molecule has 1 aromatic rings. The van der Waals surface area contributed by atoms with Crippen LogP contribution < -0.4 is 16.2 Å². The number of amides is 1. The number of sulfonamides is 1. The van der Waals surface area contributed by atoms with E-state index in [0.717, 1.165) is 5.56 Å². The van der Waals surface area contributed by atoms with Crippen molar-refractivity contribution in [1.29, 1.82) is 0 Å². The van der Waals surface area contributed by atoms with Crippen LogP contribution in [0.1, 0.15) is 25.0 Å². The van der Waals surface area contributed by atoms with Gasteiger partial charge in [0.1, 0.15) is 6.04 Å². The third kappa shape index (κ3) is 3.78. The Morgan fingerprint density at radius 2 is 1.95 bits per heavy atom. The van der Waals surface area contributed by atoms with Gasteiger partial charge in [-0.3, -0.25) is 4.79 Å². The number of carbonyl (C=O) groups excluding carboxylic acids is 1. The summed E-state index contributed by atoms with van der Waals surface area (Å²) in [5.41, 5.74) is 12.2. The predicted octanol–water partition coefficient (Wildman–Crippen LogP) is 0.242. The Hall–Kier alpha value is -1.44. The van der Waals surface area contributed by atoms with Gasteiger partial charge in [0.15, 0.2) is 0 Å². The number of nitrogens with two attached hydrogens (primary N) is 2. The fourth-order valence-electron chi connectivity index (χ4n) is 1.89. The lowest BCUT2D eigenvalue weighted by Gasteiger charge is -2.19. The first-order valence-electron chi connectivity index (χ1n) is 6.30. The Bertz CT molecular complexity index is 597. The molecule has 0 heterocycles. The highest BCUT2D eigenvalue weighted by molar-refractivity contribution is 7.89. The summed E-state index contributed by atoms with van der Waals surface area (Å²) in [5, 5.41) is 0. The van der Waals surface area contributed by atoms with Crippen molar-refractivity contribution in [3.05, 3.63) is 29.3 Å². The molecule has 0 bridgehead atoms. The van der Waals surface area contributed by atoms with Crippen LogP contribution in [0.4, 0.5) is 0 Å². The van der Waals surface area contributed by atoms with Gasteiger partial charge in [0, 0.05) is 6.54 Å². The molecular weight excluding hydrogens is 278 g/mol. The number of primary amides is 1. The fourth-order valence-corrected chi connectivity index (χ4v) is 3.47. The minimum atomic E-state index is -3.80. The Morgan fingerprint density at radius 3 is 2.35 bits per heavy atom. The lowest BCUT2D eigenvalue weighted by molar-refractivity contribution is -0.120. The van der Waals surface area contributed by atoms with Crippen LogP contribution in [-0.4, -0.2) is 20.4 Å². The summed E-state index contributed by atoms with van der Waals surface area (Å²) in [6.07, 6.45) is 0. The Morgan fingerprint density at radius 1 is 1.35 bits per heavy atom. The van der Waals surface area contributed by atoms with E-state index < -0.39 is 22.0 Å². The van der Waals surface area contributed by atoms with E-state index in [1.165, 1.54) is 6.07 Å². The van der Waals surface area contributed by atoms with Gasteiger partial charge < -0.3 is 11.5 Å². The molecule has 6 nitrogen and oxygen atoms in total. The first-order valence-corrected chi connectivity index (χ1v) is 7.78. The Kier molecular flexibility index (Phi) is 5.27. The number of hydrogen-bond donors (Lipinski definition) is 3. The van der Waals surface area contributed by atoms with Crippen molar-refractivity contribution >= 4 is 15.9 Å². The number of carbonyl (C=O) groups is 1. The average Bonchev–Trinajstić information content (AvgIpc) is 2.34. The second-order valence-electron chi connectivity index (χ2n) is 5.05. The summed E-state index contributed by atoms with van der Waals surface area (Å²) < 4.78 is 27.0. The minimum Gasteiger partial charge on any atom is -0.368 e. The van der Waals surface area contributed by atoms with Crippen molar-refractivity contribution in [3.8, 4) is 0 Å². The molecule has 5 N–H and O–H groups in total. The molecule has 0 aliphatic heterocycles. The molecule has 0 fully saturated rings. The van der Waals surface area contributed by atoms with Crippen LogP contribution in [0.3, 0.4) is 0 Å². The number of hydrogen-bond acceptors (Lipinski definition) is 4. The van der Waals surface area contributed by atoms with Crippen molar-refractivity contribution in [2.45, 2.75) is 38.3 Å². The predicted molar refractivity (Wildman–Crippen MR) is 77.2 cm³/mol. The smallest absolute Gasteiger partial charge is 0.241 e. The van der Waals surface area contributed by atoms with E-state index in [9.17, 15) is 13.2 Å². The normalized spacial score (nSPS) is 13.4. The van der Waals surface area contributed by atoms with Crippen LogP contribution in [0.25, 0.3) is 0 Å². The van der Waals surface area contributed by atoms with Crippen LogP contribution in [0.15, 0.2) is 23.1 Å². The summed E-state index contributed by atoms with van der Waals surface area (Å²) in [5.74, 6) is -0.925. The second kappa shape index (κ2) is 6.34. The molecule has 1 aromatic carbocycles. The lowest BCUT2D eigenvalue weighted by atomic mass is 10.1. The SMILES string of the molecule is Cc1cc(CN)ccc1S(=O)(=O)NC(C(N)=O)C(C)C. The quantitative estimate of drug-likeness (QED) is 0.698. The summed E-state index contributed by atoms with van der Waals surface area (Å²) >= 11 is 0. The van der Waals surface area contributed by atoms with E-state index in [4.69, 9.17) is 11.5 Å². The zero-order valence-electron chi connectivity index (χ0n) is 11.9. The molecule has 0 saturated carbocycles. The fraction of sp³-hybridized carbons (Fsp3) is 0.462. The minimum absolute atomic E-state index is 0.126. The van der Waals surface area contributed by atoms with Gasteiger partial charge in [0.05, 0.1) is 4.90 Å². The van der Waals surface area contributed by atoms with Gasteiger partial charge >= 0.3 is 0 Å². The zero-order valence-corrected chi connectivity index (χ0v) is 12.7. The third-order valence-corrected chi connectivity index (χ3v) is 4.62. The zero-order chi connectivity index (χ0) is 15.5. The summed E-state index contributed by atoms with van der Waals surface area (Å²) in [4.78, 5) is 11.4. The highest BCUT2D eigenvalue weighted by Gasteiger charge is 2.27. The highest BCUT2D eigenvalue weighted by Crippen LogP contribution is 2.18. The molecule has 0 spiro atoms. The number of rotatable bonds is 6. The van der Waals surface area contributed by atoms with Crippen LogP contribution in [0.2, 0.25) is 0 Å². The first kappa shape index (κ1) is 16.6. The van der Waals surface area contributed by atoms with E-state index in [2.05, 4.69) is 4.72 Å². The molecular formula is C13H21N3O3S. The van der Waals surface area contributed by atoms with Crippen LogP contribution in [0.5, 0.6) is 0 Å². The third-order valence-electron chi connectivity index (χ3n) is 3.02. The van der Waals surface area contributed by atoms with E-state index in [1.54, 1.807) is 32.9 Å². The average molecular weight is 299 g/mol. The van der Waals surface area contributed by atoms with Gasteiger partial charge in [0.2, 0.25) is 15.9 Å². The second-order valence-corrected chi connectivity index (χ2v) is 6.73. The number of nitrogens with one attached hydrogen (secondary N) is 1. The molecule has 1 amide bonds. The molecule has 0 aliphatic carbocycles. The maximum Gasteiger partial charge on any atom is 0.241 e. The van der Waals surface area contributed by atoms with E-state index in [0.29, 0.717) is 12.1 Å². The van der Waals surface area contributed by atoms with Gasteiger partial charge in [-0.05, 0) is 30.0 Å². The maximum atomic E-state index is 12.3. The van der Waals surface area contributed by atoms with Crippen LogP contribution >= 0.6 is 0 Å². The molecule has 7 heteroatoms. The highest BCUT2D eigenvalue weighted by atomic mass is 32.2. The summed E-state index contributed by atoms with van der Waals surface area (Å²) in [6.45, 7) is 5.47. The van der Waals surface area contributed by atoms with Gasteiger partial charge in [0.25, 0.3) is 0 Å². The summed E-state index contributed by atoms with van der Waals surface area (Å²) in [7, 11) is -3.80. The van der Waals surface area contributed by atoms with Gasteiger partial charge in [-0.25, -0.2) is 8.42 Å². The molecule has 0 aromatic heterocycles. The van der Waals surface area contributed by atoms with Crippen molar-refractivity contribution in [2.75, 3.05) is 0 Å². The van der Waals surface area contributed by atoms with Crippen molar-refractivity contribution in [3.63, 3.8) is 0 Å². The molecule has 112 valence electrons. The van der Waals surface area contributed by atoms with Crippen LogP contribution in [0, 0.1) is 12.8 Å². The molecule has 0 saturated heterocycles. The topological polar surface area (TPSA) is 115 Å². The molecule has 0 aliphatic rings. The number of benzene rings is 1. The maximum absolute atomic E-state index is 12.3. The largest absolute Gasteiger partial charge is 0.368 e. The summed E-state index contributed by atoms with van der Waals surface area (Å²) in [6, 6.07) is 3.91. The molecule has 20 heavy (non-hydrogen) atoms. The van der Waals surface area contributed by atoms with Crippen LogP contribution in [-0.2, 0) is 21.4 Å².